The molecule has 9 nitrogen and oxygen atoms in total. The van der Waals surface area contributed by atoms with Gasteiger partial charge in [-0.2, -0.15) is 0 Å². The number of nitrogens with zero attached hydrogens (tertiary/aromatic N) is 2. The van der Waals surface area contributed by atoms with Crippen molar-refractivity contribution in [3.63, 3.8) is 0 Å². The van der Waals surface area contributed by atoms with E-state index in [9.17, 15) is 18.0 Å². The molecular formula is C28H32ClN3O6S. The first-order valence-electron chi connectivity index (χ1n) is 12.2. The van der Waals surface area contributed by atoms with Gasteiger partial charge >= 0.3 is 0 Å². The molecule has 0 saturated carbocycles. The zero-order chi connectivity index (χ0) is 28.6. The van der Waals surface area contributed by atoms with Crippen molar-refractivity contribution >= 4 is 39.1 Å². The van der Waals surface area contributed by atoms with Crippen molar-refractivity contribution in [2.75, 3.05) is 31.6 Å². The Kier molecular flexibility index (Phi) is 10.2. The van der Waals surface area contributed by atoms with E-state index in [-0.39, 0.29) is 28.8 Å². The van der Waals surface area contributed by atoms with Crippen molar-refractivity contribution in [1.82, 2.24) is 10.2 Å². The van der Waals surface area contributed by atoms with Crippen LogP contribution < -0.4 is 19.1 Å². The molecule has 0 saturated heterocycles. The normalized spacial score (nSPS) is 11.8. The van der Waals surface area contributed by atoms with Gasteiger partial charge in [0, 0.05) is 24.2 Å². The van der Waals surface area contributed by atoms with Crippen molar-refractivity contribution < 1.29 is 27.5 Å². The Morgan fingerprint density at radius 2 is 1.59 bits per heavy atom. The molecule has 0 aliphatic carbocycles. The van der Waals surface area contributed by atoms with E-state index in [1.807, 2.05) is 0 Å². The van der Waals surface area contributed by atoms with E-state index in [0.29, 0.717) is 22.9 Å². The number of anilines is 1. The van der Waals surface area contributed by atoms with Crippen molar-refractivity contribution in [3.8, 4) is 11.5 Å². The summed E-state index contributed by atoms with van der Waals surface area (Å²) in [6.07, 6.45) is 0. The highest BCUT2D eigenvalue weighted by molar-refractivity contribution is 7.92. The standard InChI is InChI=1S/C28H32ClN3O6S/c1-5-30-28(34)20(2)31(18-21-11-9-10-14-24(21)29)27(33)19-32(22-12-7-6-8-13-22)39(35,36)23-15-16-25(37-3)26(17-23)38-4/h6-17,20H,5,18-19H2,1-4H3,(H,30,34). The Hall–Kier alpha value is -3.76. The minimum absolute atomic E-state index is 0.00977. The van der Waals surface area contributed by atoms with E-state index in [2.05, 4.69) is 5.32 Å². The molecule has 0 bridgehead atoms. The predicted octanol–water partition coefficient (Wildman–Crippen LogP) is 4.11. The van der Waals surface area contributed by atoms with Crippen LogP contribution in [0.5, 0.6) is 11.5 Å². The van der Waals surface area contributed by atoms with Crippen LogP contribution in [0, 0.1) is 0 Å². The summed E-state index contributed by atoms with van der Waals surface area (Å²) in [4.78, 5) is 27.9. The lowest BCUT2D eigenvalue weighted by atomic mass is 10.1. The molecule has 0 aliphatic heterocycles. The van der Waals surface area contributed by atoms with Crippen LogP contribution in [-0.4, -0.2) is 58.5 Å². The number of carbonyl (C=O) groups is 2. The second-order valence-electron chi connectivity index (χ2n) is 8.55. The maximum atomic E-state index is 13.9. The molecule has 208 valence electrons. The molecular weight excluding hydrogens is 542 g/mol. The smallest absolute Gasteiger partial charge is 0.264 e. The predicted molar refractivity (Wildman–Crippen MR) is 151 cm³/mol. The number of hydrogen-bond donors (Lipinski definition) is 1. The summed E-state index contributed by atoms with van der Waals surface area (Å²) in [6, 6.07) is 18.6. The molecule has 39 heavy (non-hydrogen) atoms. The average molecular weight is 574 g/mol. The van der Waals surface area contributed by atoms with Crippen molar-refractivity contribution in [3.05, 3.63) is 83.4 Å². The first-order valence-corrected chi connectivity index (χ1v) is 14.1. The van der Waals surface area contributed by atoms with Crippen molar-refractivity contribution in [2.45, 2.75) is 31.3 Å². The third kappa shape index (κ3) is 7.01. The zero-order valence-corrected chi connectivity index (χ0v) is 23.8. The molecule has 1 N–H and O–H groups in total. The molecule has 1 atom stereocenters. The van der Waals surface area contributed by atoms with Gasteiger partial charge in [-0.25, -0.2) is 8.42 Å². The number of methoxy groups -OCH3 is 2. The zero-order valence-electron chi connectivity index (χ0n) is 22.3. The maximum absolute atomic E-state index is 13.9. The summed E-state index contributed by atoms with van der Waals surface area (Å²) in [5.41, 5.74) is 0.904. The lowest BCUT2D eigenvalue weighted by Crippen LogP contribution is -2.51. The number of amides is 2. The number of hydrogen-bond acceptors (Lipinski definition) is 6. The van der Waals surface area contributed by atoms with Gasteiger partial charge in [0.05, 0.1) is 24.8 Å². The van der Waals surface area contributed by atoms with Crippen molar-refractivity contribution in [1.29, 1.82) is 0 Å². The van der Waals surface area contributed by atoms with Gasteiger partial charge in [0.1, 0.15) is 12.6 Å². The summed E-state index contributed by atoms with van der Waals surface area (Å²) < 4.78 is 39.4. The highest BCUT2D eigenvalue weighted by Gasteiger charge is 2.33. The van der Waals surface area contributed by atoms with E-state index in [1.54, 1.807) is 68.4 Å². The molecule has 0 spiro atoms. The minimum atomic E-state index is -4.25. The maximum Gasteiger partial charge on any atom is 0.264 e. The Morgan fingerprint density at radius 3 is 2.21 bits per heavy atom. The van der Waals surface area contributed by atoms with Crippen LogP contribution in [0.25, 0.3) is 0 Å². The number of para-hydroxylation sites is 1. The summed E-state index contributed by atoms with van der Waals surface area (Å²) in [6.45, 7) is 3.19. The third-order valence-corrected chi connectivity index (χ3v) is 8.22. The fraction of sp³-hybridized carbons (Fsp3) is 0.286. The molecule has 3 aromatic carbocycles. The highest BCUT2D eigenvalue weighted by atomic mass is 35.5. The number of nitrogens with one attached hydrogen (secondary N) is 1. The molecule has 3 rings (SSSR count). The number of likely N-dealkylation sites (N-methyl/N-ethyl adjacent to an activating group) is 1. The van der Waals surface area contributed by atoms with Crippen LogP contribution in [-0.2, 0) is 26.2 Å². The van der Waals surface area contributed by atoms with Crippen LogP contribution in [0.3, 0.4) is 0 Å². The second kappa shape index (κ2) is 13.3. The number of carbonyl (C=O) groups excluding carboxylic acids is 2. The first-order chi connectivity index (χ1) is 18.6. The van der Waals surface area contributed by atoms with Gasteiger partial charge in [-0.15, -0.1) is 0 Å². The van der Waals surface area contributed by atoms with Gasteiger partial charge < -0.3 is 19.7 Å². The second-order valence-corrected chi connectivity index (χ2v) is 10.8. The number of benzene rings is 3. The summed E-state index contributed by atoms with van der Waals surface area (Å²) in [5, 5.41) is 3.15. The Bertz CT molecular complexity index is 1400. The topological polar surface area (TPSA) is 105 Å². The van der Waals surface area contributed by atoms with Crippen LogP contribution >= 0.6 is 11.6 Å². The molecule has 0 fully saturated rings. The number of halogens is 1. The molecule has 2 amide bonds. The van der Waals surface area contributed by atoms with E-state index >= 15 is 0 Å². The molecule has 0 aliphatic rings. The van der Waals surface area contributed by atoms with E-state index in [1.165, 1.54) is 37.3 Å². The molecule has 3 aromatic rings. The SMILES string of the molecule is CCNC(=O)C(C)N(Cc1ccccc1Cl)C(=O)CN(c1ccccc1)S(=O)(=O)c1ccc(OC)c(OC)c1. The van der Waals surface area contributed by atoms with Gasteiger partial charge in [-0.3, -0.25) is 13.9 Å². The fourth-order valence-electron chi connectivity index (χ4n) is 3.94. The Labute approximate surface area is 234 Å². The van der Waals surface area contributed by atoms with Gasteiger partial charge in [-0.1, -0.05) is 48.0 Å². The van der Waals surface area contributed by atoms with Crippen LogP contribution in [0.1, 0.15) is 19.4 Å². The molecule has 1 unspecified atom stereocenters. The molecule has 0 heterocycles. The Morgan fingerprint density at radius 1 is 0.949 bits per heavy atom. The van der Waals surface area contributed by atoms with Crippen LogP contribution in [0.4, 0.5) is 5.69 Å². The summed E-state index contributed by atoms with van der Waals surface area (Å²) in [5.74, 6) is -0.364. The molecule has 11 heteroatoms. The van der Waals surface area contributed by atoms with Crippen LogP contribution in [0.2, 0.25) is 5.02 Å². The van der Waals surface area contributed by atoms with Gasteiger partial charge in [0.25, 0.3) is 10.0 Å². The molecule has 0 radical (unpaired) electrons. The van der Waals surface area contributed by atoms with Crippen molar-refractivity contribution in [2.24, 2.45) is 0 Å². The van der Waals surface area contributed by atoms with Gasteiger partial charge in [-0.05, 0) is 49.7 Å². The fourth-order valence-corrected chi connectivity index (χ4v) is 5.57. The lowest BCUT2D eigenvalue weighted by Gasteiger charge is -2.32. The number of ether oxygens (including phenoxy) is 2. The number of sulfonamides is 1. The first kappa shape index (κ1) is 29.8. The van der Waals surface area contributed by atoms with E-state index < -0.39 is 28.5 Å². The summed E-state index contributed by atoms with van der Waals surface area (Å²) in [7, 11) is -1.40. The lowest BCUT2D eigenvalue weighted by molar-refractivity contribution is -0.139. The quantitative estimate of drug-likeness (QED) is 0.350. The Balaban J connectivity index is 2.05. The monoisotopic (exact) mass is 573 g/mol. The van der Waals surface area contributed by atoms with Gasteiger partial charge in [0.15, 0.2) is 11.5 Å². The van der Waals surface area contributed by atoms with E-state index in [0.717, 1.165) is 4.31 Å². The highest BCUT2D eigenvalue weighted by Crippen LogP contribution is 2.32. The van der Waals surface area contributed by atoms with Crippen LogP contribution in [0.15, 0.2) is 77.7 Å². The largest absolute Gasteiger partial charge is 0.493 e. The van der Waals surface area contributed by atoms with Gasteiger partial charge in [0.2, 0.25) is 11.8 Å². The minimum Gasteiger partial charge on any atom is -0.493 e. The number of rotatable bonds is 12. The average Bonchev–Trinajstić information content (AvgIpc) is 2.95. The third-order valence-electron chi connectivity index (χ3n) is 6.08. The summed E-state index contributed by atoms with van der Waals surface area (Å²) >= 11 is 6.36. The van der Waals surface area contributed by atoms with E-state index in [4.69, 9.17) is 21.1 Å². The molecule has 0 aromatic heterocycles.